The molecule has 0 atom stereocenters. The predicted octanol–water partition coefficient (Wildman–Crippen LogP) is 4.31. The number of amides is 1. The minimum absolute atomic E-state index is 0.118. The lowest BCUT2D eigenvalue weighted by Crippen LogP contribution is -2.38. The molecule has 1 aliphatic heterocycles. The summed E-state index contributed by atoms with van der Waals surface area (Å²) < 4.78 is 0. The molecule has 0 unspecified atom stereocenters. The molecule has 1 aliphatic rings. The van der Waals surface area contributed by atoms with Crippen LogP contribution < -0.4 is 5.56 Å². The third-order valence-corrected chi connectivity index (χ3v) is 7.10. The summed E-state index contributed by atoms with van der Waals surface area (Å²) in [5.74, 6) is 1.11. The number of fused-ring (bicyclic) bond motifs is 1. The van der Waals surface area contributed by atoms with Crippen molar-refractivity contribution in [2.75, 3.05) is 18.8 Å². The van der Waals surface area contributed by atoms with Gasteiger partial charge in [0.05, 0.1) is 11.1 Å². The molecular formula is C21H23N3O2S2. The van der Waals surface area contributed by atoms with Crippen molar-refractivity contribution in [1.29, 1.82) is 0 Å². The van der Waals surface area contributed by atoms with Crippen LogP contribution in [0, 0.1) is 12.8 Å². The highest BCUT2D eigenvalue weighted by molar-refractivity contribution is 7.99. The van der Waals surface area contributed by atoms with Gasteiger partial charge < -0.3 is 9.88 Å². The van der Waals surface area contributed by atoms with E-state index in [2.05, 4.69) is 16.9 Å². The maximum atomic E-state index is 12.8. The number of nitrogens with zero attached hydrogens (tertiary/aromatic N) is 2. The van der Waals surface area contributed by atoms with Crippen LogP contribution in [-0.4, -0.2) is 39.6 Å². The molecule has 1 N–H and O–H groups in total. The molecule has 0 aliphatic carbocycles. The highest BCUT2D eigenvalue weighted by atomic mass is 32.2. The van der Waals surface area contributed by atoms with E-state index in [9.17, 15) is 9.59 Å². The van der Waals surface area contributed by atoms with Crippen molar-refractivity contribution >= 4 is 39.2 Å². The average Bonchev–Trinajstić information content (AvgIpc) is 3.03. The van der Waals surface area contributed by atoms with Crippen LogP contribution in [0.1, 0.15) is 24.6 Å². The van der Waals surface area contributed by atoms with Crippen LogP contribution in [0.4, 0.5) is 0 Å². The van der Waals surface area contributed by atoms with Gasteiger partial charge in [-0.2, -0.15) is 0 Å². The lowest BCUT2D eigenvalue weighted by molar-refractivity contribution is -0.129. The van der Waals surface area contributed by atoms with E-state index in [1.807, 2.05) is 42.2 Å². The van der Waals surface area contributed by atoms with Crippen molar-refractivity contribution in [3.05, 3.63) is 45.6 Å². The molecule has 146 valence electrons. The number of aryl methyl sites for hydroxylation is 1. The van der Waals surface area contributed by atoms with E-state index in [4.69, 9.17) is 0 Å². The van der Waals surface area contributed by atoms with Gasteiger partial charge in [0, 0.05) is 23.5 Å². The van der Waals surface area contributed by atoms with Crippen LogP contribution in [0.15, 0.2) is 40.3 Å². The zero-order valence-electron chi connectivity index (χ0n) is 16.0. The van der Waals surface area contributed by atoms with Crippen molar-refractivity contribution in [1.82, 2.24) is 14.9 Å². The molecule has 1 fully saturated rings. The zero-order valence-corrected chi connectivity index (χ0v) is 17.7. The van der Waals surface area contributed by atoms with Gasteiger partial charge in [-0.3, -0.25) is 9.59 Å². The molecule has 0 spiro atoms. The summed E-state index contributed by atoms with van der Waals surface area (Å²) in [4.78, 5) is 36.5. The molecule has 5 nitrogen and oxygen atoms in total. The maximum absolute atomic E-state index is 12.8. The number of rotatable bonds is 4. The molecule has 3 heterocycles. The Morgan fingerprint density at radius 3 is 2.71 bits per heavy atom. The van der Waals surface area contributed by atoms with E-state index >= 15 is 0 Å². The number of hydrogen-bond donors (Lipinski definition) is 1. The third-order valence-electron chi connectivity index (χ3n) is 5.25. The minimum Gasteiger partial charge on any atom is -0.342 e. The molecular weight excluding hydrogens is 390 g/mol. The Bertz CT molecular complexity index is 1050. The number of H-pyrrole nitrogens is 1. The van der Waals surface area contributed by atoms with Gasteiger partial charge in [-0.05, 0) is 31.2 Å². The molecule has 3 aromatic rings. The van der Waals surface area contributed by atoms with Gasteiger partial charge in [-0.15, -0.1) is 11.3 Å². The van der Waals surface area contributed by atoms with Crippen LogP contribution in [0.2, 0.25) is 0 Å². The summed E-state index contributed by atoms with van der Waals surface area (Å²) >= 11 is 2.84. The Balaban J connectivity index is 1.55. The molecule has 4 rings (SSSR count). The first-order chi connectivity index (χ1) is 13.5. The molecule has 0 bridgehead atoms. The summed E-state index contributed by atoms with van der Waals surface area (Å²) in [6.07, 6.45) is 2.13. The highest BCUT2D eigenvalue weighted by Crippen LogP contribution is 2.35. The maximum Gasteiger partial charge on any atom is 0.260 e. The van der Waals surface area contributed by atoms with Crippen molar-refractivity contribution in [2.45, 2.75) is 31.8 Å². The topological polar surface area (TPSA) is 66.1 Å². The molecule has 1 saturated heterocycles. The fourth-order valence-corrected chi connectivity index (χ4v) is 5.47. The lowest BCUT2D eigenvalue weighted by Gasteiger charge is -2.30. The first-order valence-electron chi connectivity index (χ1n) is 9.52. The number of carbonyl (C=O) groups excluding carboxylic acids is 1. The SMILES string of the molecule is Cc1sc2nc(SCC(=O)N3CCC(C)CC3)[nH]c(=O)c2c1-c1ccccc1. The Morgan fingerprint density at radius 1 is 1.29 bits per heavy atom. The quantitative estimate of drug-likeness (QED) is 0.511. The summed E-state index contributed by atoms with van der Waals surface area (Å²) in [6, 6.07) is 9.92. The van der Waals surface area contributed by atoms with Crippen molar-refractivity contribution in [3.63, 3.8) is 0 Å². The summed E-state index contributed by atoms with van der Waals surface area (Å²) in [7, 11) is 0. The molecule has 1 aromatic carbocycles. The second kappa shape index (κ2) is 8.09. The number of aromatic amines is 1. The first-order valence-corrected chi connectivity index (χ1v) is 11.3. The number of thioether (sulfide) groups is 1. The standard InChI is InChI=1S/C21H23N3O2S2/c1-13-8-10-24(11-9-13)16(25)12-27-21-22-19(26)18-17(14(2)28-20(18)23-21)15-6-4-3-5-7-15/h3-7,13H,8-12H2,1-2H3,(H,22,23,26). The van der Waals surface area contributed by atoms with E-state index in [-0.39, 0.29) is 11.5 Å². The van der Waals surface area contributed by atoms with E-state index < -0.39 is 0 Å². The van der Waals surface area contributed by atoms with Gasteiger partial charge in [0.15, 0.2) is 5.16 Å². The van der Waals surface area contributed by atoms with E-state index in [0.717, 1.165) is 46.8 Å². The molecule has 1 amide bonds. The molecule has 28 heavy (non-hydrogen) atoms. The fourth-order valence-electron chi connectivity index (χ4n) is 3.60. The monoisotopic (exact) mass is 413 g/mol. The second-order valence-electron chi connectivity index (χ2n) is 7.30. The van der Waals surface area contributed by atoms with Crippen molar-refractivity contribution in [3.8, 4) is 11.1 Å². The Hall–Kier alpha value is -2.12. The van der Waals surface area contributed by atoms with Crippen LogP contribution in [0.25, 0.3) is 21.3 Å². The van der Waals surface area contributed by atoms with E-state index in [1.165, 1.54) is 23.1 Å². The number of piperidine rings is 1. The minimum atomic E-state index is -0.144. The number of nitrogens with one attached hydrogen (secondary N) is 1. The van der Waals surface area contributed by atoms with Crippen molar-refractivity contribution < 1.29 is 4.79 Å². The Kier molecular flexibility index (Phi) is 5.55. The number of likely N-dealkylation sites (tertiary alicyclic amines) is 1. The van der Waals surface area contributed by atoms with Crippen LogP contribution in [0.3, 0.4) is 0 Å². The molecule has 0 saturated carbocycles. The van der Waals surface area contributed by atoms with Gasteiger partial charge in [0.25, 0.3) is 5.56 Å². The first kappa shape index (κ1) is 19.2. The van der Waals surface area contributed by atoms with Crippen molar-refractivity contribution in [2.24, 2.45) is 5.92 Å². The lowest BCUT2D eigenvalue weighted by atomic mass is 9.99. The van der Waals surface area contributed by atoms with Gasteiger partial charge in [-0.25, -0.2) is 4.98 Å². The van der Waals surface area contributed by atoms with E-state index in [1.54, 1.807) is 0 Å². The molecule has 7 heteroatoms. The number of thiophene rings is 1. The van der Waals surface area contributed by atoms with Crippen LogP contribution in [-0.2, 0) is 4.79 Å². The second-order valence-corrected chi connectivity index (χ2v) is 9.47. The molecule has 0 radical (unpaired) electrons. The van der Waals surface area contributed by atoms with Gasteiger partial charge in [-0.1, -0.05) is 49.0 Å². The highest BCUT2D eigenvalue weighted by Gasteiger charge is 2.21. The Morgan fingerprint density at radius 2 is 2.00 bits per heavy atom. The number of aromatic nitrogens is 2. The smallest absolute Gasteiger partial charge is 0.260 e. The predicted molar refractivity (Wildman–Crippen MR) is 116 cm³/mol. The summed E-state index contributed by atoms with van der Waals surface area (Å²) in [5.41, 5.74) is 1.83. The van der Waals surface area contributed by atoms with Crippen LogP contribution >= 0.6 is 23.1 Å². The Labute approximate surface area is 172 Å². The fraction of sp³-hybridized carbons (Fsp3) is 0.381. The van der Waals surface area contributed by atoms with Gasteiger partial charge >= 0.3 is 0 Å². The van der Waals surface area contributed by atoms with Crippen LogP contribution in [0.5, 0.6) is 0 Å². The number of carbonyl (C=O) groups is 1. The zero-order chi connectivity index (χ0) is 19.7. The van der Waals surface area contributed by atoms with Gasteiger partial charge in [0.1, 0.15) is 4.83 Å². The average molecular weight is 414 g/mol. The number of benzene rings is 1. The largest absolute Gasteiger partial charge is 0.342 e. The third kappa shape index (κ3) is 3.86. The number of hydrogen-bond acceptors (Lipinski definition) is 5. The van der Waals surface area contributed by atoms with Gasteiger partial charge in [0.2, 0.25) is 5.91 Å². The summed E-state index contributed by atoms with van der Waals surface area (Å²) in [6.45, 7) is 5.90. The normalized spacial score (nSPS) is 15.3. The van der Waals surface area contributed by atoms with E-state index in [0.29, 0.717) is 22.2 Å². The molecule has 2 aromatic heterocycles. The summed E-state index contributed by atoms with van der Waals surface area (Å²) in [5, 5.41) is 1.14.